The average molecular weight is 634 g/mol. The Labute approximate surface area is 264 Å². The number of para-hydroxylation sites is 1. The molecule has 10 heteroatoms. The minimum absolute atomic E-state index is 0.000759. The Hall–Kier alpha value is -4.34. The summed E-state index contributed by atoms with van der Waals surface area (Å²) in [4.78, 5) is 29.5. The Balaban J connectivity index is 1.78. The van der Waals surface area contributed by atoms with Gasteiger partial charge in [-0.3, -0.25) is 13.9 Å². The summed E-state index contributed by atoms with van der Waals surface area (Å²) in [5.41, 5.74) is 1.80. The molecule has 230 valence electrons. The van der Waals surface area contributed by atoms with Crippen LogP contribution in [0.25, 0.3) is 0 Å². The minimum Gasteiger partial charge on any atom is -0.497 e. The van der Waals surface area contributed by atoms with Crippen LogP contribution in [0.5, 0.6) is 5.75 Å². The summed E-state index contributed by atoms with van der Waals surface area (Å²) in [7, 11) is -2.71. The van der Waals surface area contributed by atoms with Crippen molar-refractivity contribution >= 4 is 39.1 Å². The third-order valence-electron chi connectivity index (χ3n) is 7.09. The van der Waals surface area contributed by atoms with Crippen molar-refractivity contribution in [3.05, 3.63) is 125 Å². The minimum atomic E-state index is -4.20. The molecule has 4 aromatic rings. The van der Waals surface area contributed by atoms with Crippen LogP contribution >= 0.6 is 11.6 Å². The topological polar surface area (TPSA) is 96.0 Å². The van der Waals surface area contributed by atoms with E-state index in [-0.39, 0.29) is 23.8 Å². The summed E-state index contributed by atoms with van der Waals surface area (Å²) in [6.07, 6.45) is 0.938. The highest BCUT2D eigenvalue weighted by molar-refractivity contribution is 7.92. The molecule has 0 heterocycles. The standard InChI is InChI=1S/C34H36ClN3O5S/c1-3-22-36-34(40)32(23-26-12-6-4-7-13-26)37(24-27-14-10-11-17-31(27)35)33(39)25-38(28-15-8-5-9-16-28)44(41,42)30-20-18-29(43-2)19-21-30/h4-21,32H,3,22-25H2,1-2H3,(H,36,40)/t32-/m0/s1. The molecular formula is C34H36ClN3O5S. The lowest BCUT2D eigenvalue weighted by Gasteiger charge is -2.34. The number of benzene rings is 4. The normalized spacial score (nSPS) is 11.8. The Morgan fingerprint density at radius 1 is 0.864 bits per heavy atom. The maximum absolute atomic E-state index is 14.4. The van der Waals surface area contributed by atoms with Crippen LogP contribution in [-0.4, -0.2) is 51.4 Å². The van der Waals surface area contributed by atoms with Crippen LogP contribution in [0.3, 0.4) is 0 Å². The van der Waals surface area contributed by atoms with Crippen LogP contribution in [0.4, 0.5) is 5.69 Å². The number of amides is 2. The fourth-order valence-electron chi connectivity index (χ4n) is 4.73. The number of ether oxygens (including phenoxy) is 1. The molecule has 1 N–H and O–H groups in total. The van der Waals surface area contributed by atoms with Gasteiger partial charge >= 0.3 is 0 Å². The molecule has 0 bridgehead atoms. The monoisotopic (exact) mass is 633 g/mol. The van der Waals surface area contributed by atoms with Crippen LogP contribution in [0.2, 0.25) is 5.02 Å². The van der Waals surface area contributed by atoms with Crippen molar-refractivity contribution in [3.8, 4) is 5.75 Å². The zero-order valence-electron chi connectivity index (χ0n) is 24.7. The van der Waals surface area contributed by atoms with E-state index in [1.165, 1.54) is 24.1 Å². The summed E-state index contributed by atoms with van der Waals surface area (Å²) in [5.74, 6) is -0.391. The largest absolute Gasteiger partial charge is 0.497 e. The molecule has 8 nitrogen and oxygen atoms in total. The molecule has 0 aliphatic heterocycles. The van der Waals surface area contributed by atoms with Crippen molar-refractivity contribution in [1.82, 2.24) is 10.2 Å². The highest BCUT2D eigenvalue weighted by atomic mass is 35.5. The molecule has 0 aromatic heterocycles. The number of carbonyl (C=O) groups is 2. The summed E-state index contributed by atoms with van der Waals surface area (Å²) < 4.78 is 34.4. The Morgan fingerprint density at radius 2 is 1.48 bits per heavy atom. The molecule has 0 saturated carbocycles. The highest BCUT2D eigenvalue weighted by Gasteiger charge is 2.34. The number of nitrogens with one attached hydrogen (secondary N) is 1. The molecule has 0 saturated heterocycles. The van der Waals surface area contributed by atoms with Gasteiger partial charge in [0, 0.05) is 24.5 Å². The molecule has 0 radical (unpaired) electrons. The zero-order valence-corrected chi connectivity index (χ0v) is 26.3. The quantitative estimate of drug-likeness (QED) is 0.192. The van der Waals surface area contributed by atoms with E-state index in [2.05, 4.69) is 5.32 Å². The van der Waals surface area contributed by atoms with E-state index in [0.717, 1.165) is 9.87 Å². The van der Waals surface area contributed by atoms with Crippen LogP contribution in [-0.2, 0) is 32.6 Å². The van der Waals surface area contributed by atoms with Crippen molar-refractivity contribution in [2.75, 3.05) is 24.5 Å². The Bertz CT molecular complexity index is 1630. The number of rotatable bonds is 14. The first-order valence-corrected chi connectivity index (χ1v) is 16.1. The summed E-state index contributed by atoms with van der Waals surface area (Å²) in [6, 6.07) is 30.0. The van der Waals surface area contributed by atoms with Gasteiger partial charge in [-0.2, -0.15) is 0 Å². The van der Waals surface area contributed by atoms with Gasteiger partial charge < -0.3 is 15.0 Å². The smallest absolute Gasteiger partial charge is 0.264 e. The first-order valence-electron chi connectivity index (χ1n) is 14.3. The van der Waals surface area contributed by atoms with Gasteiger partial charge in [0.2, 0.25) is 11.8 Å². The van der Waals surface area contributed by atoms with Gasteiger partial charge in [0.05, 0.1) is 17.7 Å². The van der Waals surface area contributed by atoms with Crippen molar-refractivity contribution in [1.29, 1.82) is 0 Å². The van der Waals surface area contributed by atoms with Gasteiger partial charge in [-0.1, -0.05) is 85.3 Å². The second-order valence-corrected chi connectivity index (χ2v) is 12.4. The molecule has 0 spiro atoms. The van der Waals surface area contributed by atoms with Crippen molar-refractivity contribution in [2.24, 2.45) is 0 Å². The number of methoxy groups -OCH3 is 1. The lowest BCUT2D eigenvalue weighted by molar-refractivity contribution is -0.140. The van der Waals surface area contributed by atoms with Gasteiger partial charge in [-0.15, -0.1) is 0 Å². The molecule has 44 heavy (non-hydrogen) atoms. The number of hydrogen-bond donors (Lipinski definition) is 1. The van der Waals surface area contributed by atoms with Crippen LogP contribution in [0.1, 0.15) is 24.5 Å². The van der Waals surface area contributed by atoms with E-state index in [9.17, 15) is 18.0 Å². The zero-order chi connectivity index (χ0) is 31.5. The molecule has 0 unspecified atom stereocenters. The molecule has 4 rings (SSSR count). The van der Waals surface area contributed by atoms with E-state index < -0.39 is 28.5 Å². The van der Waals surface area contributed by atoms with E-state index >= 15 is 0 Å². The first kappa shape index (κ1) is 32.6. The van der Waals surface area contributed by atoms with Crippen LogP contribution in [0.15, 0.2) is 114 Å². The number of nitrogens with zero attached hydrogens (tertiary/aromatic N) is 2. The second kappa shape index (κ2) is 15.4. The fourth-order valence-corrected chi connectivity index (χ4v) is 6.34. The van der Waals surface area contributed by atoms with Gasteiger partial charge in [-0.25, -0.2) is 8.42 Å². The van der Waals surface area contributed by atoms with Gasteiger partial charge in [0.25, 0.3) is 10.0 Å². The van der Waals surface area contributed by atoms with E-state index in [0.29, 0.717) is 35.0 Å². The number of hydrogen-bond acceptors (Lipinski definition) is 5. The third kappa shape index (κ3) is 8.18. The van der Waals surface area contributed by atoms with E-state index in [1.54, 1.807) is 66.7 Å². The Kier molecular flexibility index (Phi) is 11.4. The van der Waals surface area contributed by atoms with Gasteiger partial charge in [0.1, 0.15) is 18.3 Å². The summed E-state index contributed by atoms with van der Waals surface area (Å²) in [6.45, 7) is 1.83. The fraction of sp³-hybridized carbons (Fsp3) is 0.235. The van der Waals surface area contributed by atoms with Crippen molar-refractivity contribution in [2.45, 2.75) is 37.2 Å². The van der Waals surface area contributed by atoms with Crippen LogP contribution in [0, 0.1) is 0 Å². The predicted octanol–water partition coefficient (Wildman–Crippen LogP) is 5.71. The van der Waals surface area contributed by atoms with E-state index in [4.69, 9.17) is 16.3 Å². The third-order valence-corrected chi connectivity index (χ3v) is 9.25. The molecule has 2 amide bonds. The predicted molar refractivity (Wildman–Crippen MR) is 173 cm³/mol. The number of sulfonamides is 1. The SMILES string of the molecule is CCCNC(=O)[C@H](Cc1ccccc1)N(Cc1ccccc1Cl)C(=O)CN(c1ccccc1)S(=O)(=O)c1ccc(OC)cc1. The maximum atomic E-state index is 14.4. The highest BCUT2D eigenvalue weighted by Crippen LogP contribution is 2.27. The lowest BCUT2D eigenvalue weighted by Crippen LogP contribution is -2.53. The molecule has 0 aliphatic rings. The molecule has 0 fully saturated rings. The number of carbonyl (C=O) groups excluding carboxylic acids is 2. The van der Waals surface area contributed by atoms with E-state index in [1.807, 2.05) is 37.3 Å². The van der Waals surface area contributed by atoms with Gasteiger partial charge in [-0.05, 0) is 60.0 Å². The molecular weight excluding hydrogens is 598 g/mol. The molecule has 1 atom stereocenters. The molecule has 4 aromatic carbocycles. The Morgan fingerprint density at radius 3 is 2.09 bits per heavy atom. The second-order valence-electron chi connectivity index (χ2n) is 10.1. The molecule has 0 aliphatic carbocycles. The van der Waals surface area contributed by atoms with Gasteiger partial charge in [0.15, 0.2) is 0 Å². The van der Waals surface area contributed by atoms with Crippen molar-refractivity contribution < 1.29 is 22.7 Å². The number of anilines is 1. The van der Waals surface area contributed by atoms with Crippen LogP contribution < -0.4 is 14.4 Å². The number of halogens is 1. The first-order chi connectivity index (χ1) is 21.2. The average Bonchev–Trinajstić information content (AvgIpc) is 3.05. The summed E-state index contributed by atoms with van der Waals surface area (Å²) in [5, 5.41) is 3.36. The summed E-state index contributed by atoms with van der Waals surface area (Å²) >= 11 is 6.52. The van der Waals surface area contributed by atoms with Crippen molar-refractivity contribution in [3.63, 3.8) is 0 Å². The maximum Gasteiger partial charge on any atom is 0.264 e. The lowest BCUT2D eigenvalue weighted by atomic mass is 10.0.